The molecule has 6 heteroatoms. The van der Waals surface area contributed by atoms with Crippen molar-refractivity contribution in [1.82, 2.24) is 15.5 Å². The molecule has 0 saturated carbocycles. The van der Waals surface area contributed by atoms with E-state index in [1.165, 1.54) is 7.11 Å². The van der Waals surface area contributed by atoms with Crippen LogP contribution in [0.5, 0.6) is 0 Å². The molecular formula is C15H30N4O2. The van der Waals surface area contributed by atoms with Crippen LogP contribution in [0.15, 0.2) is 4.99 Å². The highest BCUT2D eigenvalue weighted by molar-refractivity contribution is 5.80. The van der Waals surface area contributed by atoms with Crippen LogP contribution in [0.4, 0.5) is 0 Å². The third-order valence-corrected chi connectivity index (χ3v) is 3.85. The summed E-state index contributed by atoms with van der Waals surface area (Å²) in [6.45, 7) is 12.1. The molecule has 2 unspecified atom stereocenters. The number of nitrogens with zero attached hydrogens (tertiary/aromatic N) is 2. The zero-order chi connectivity index (χ0) is 15.8. The Morgan fingerprint density at radius 3 is 2.67 bits per heavy atom. The van der Waals surface area contributed by atoms with Crippen molar-refractivity contribution in [2.24, 2.45) is 10.9 Å². The highest BCUT2D eigenvalue weighted by Gasteiger charge is 2.31. The number of hydrogen-bond donors (Lipinski definition) is 2. The van der Waals surface area contributed by atoms with Gasteiger partial charge in [-0.15, -0.1) is 0 Å². The topological polar surface area (TPSA) is 66.0 Å². The number of guanidine groups is 1. The number of esters is 1. The van der Waals surface area contributed by atoms with Crippen LogP contribution in [0.25, 0.3) is 0 Å². The van der Waals surface area contributed by atoms with E-state index in [9.17, 15) is 4.79 Å². The summed E-state index contributed by atoms with van der Waals surface area (Å²) in [6, 6.07) is 0.960. The summed E-state index contributed by atoms with van der Waals surface area (Å²) in [4.78, 5) is 18.0. The van der Waals surface area contributed by atoms with Crippen molar-refractivity contribution >= 4 is 11.9 Å². The van der Waals surface area contributed by atoms with Gasteiger partial charge in [0.15, 0.2) is 5.96 Å². The lowest BCUT2D eigenvalue weighted by atomic mass is 10.1. The first-order chi connectivity index (χ1) is 9.97. The molecule has 0 amide bonds. The molecule has 0 aromatic rings. The monoisotopic (exact) mass is 298 g/mol. The molecule has 1 saturated heterocycles. The number of hydrogen-bond acceptors (Lipinski definition) is 4. The van der Waals surface area contributed by atoms with Gasteiger partial charge in [-0.05, 0) is 26.7 Å². The van der Waals surface area contributed by atoms with Crippen LogP contribution in [-0.4, -0.2) is 62.2 Å². The Bertz CT molecular complexity index is 358. The largest absolute Gasteiger partial charge is 0.469 e. The van der Waals surface area contributed by atoms with Gasteiger partial charge >= 0.3 is 5.97 Å². The minimum absolute atomic E-state index is 0.227. The Labute approximate surface area is 128 Å². The van der Waals surface area contributed by atoms with Crippen molar-refractivity contribution in [2.75, 3.05) is 33.3 Å². The lowest BCUT2D eigenvalue weighted by Gasteiger charge is -2.21. The van der Waals surface area contributed by atoms with E-state index < -0.39 is 0 Å². The fourth-order valence-electron chi connectivity index (χ4n) is 2.47. The number of carbonyl (C=O) groups is 1. The molecule has 1 rings (SSSR count). The van der Waals surface area contributed by atoms with Crippen LogP contribution in [-0.2, 0) is 9.53 Å². The molecular weight excluding hydrogens is 268 g/mol. The molecule has 0 aromatic carbocycles. The Morgan fingerprint density at radius 1 is 1.43 bits per heavy atom. The van der Waals surface area contributed by atoms with Crippen LogP contribution in [0.1, 0.15) is 34.1 Å². The molecule has 0 bridgehead atoms. The van der Waals surface area contributed by atoms with E-state index in [0.29, 0.717) is 31.0 Å². The summed E-state index contributed by atoms with van der Waals surface area (Å²) in [5.41, 5.74) is 0. The summed E-state index contributed by atoms with van der Waals surface area (Å²) in [5.74, 6) is 1.13. The molecule has 1 aliphatic heterocycles. The van der Waals surface area contributed by atoms with Crippen LogP contribution < -0.4 is 10.6 Å². The van der Waals surface area contributed by atoms with Gasteiger partial charge < -0.3 is 15.4 Å². The van der Waals surface area contributed by atoms with Crippen LogP contribution in [0, 0.1) is 5.92 Å². The predicted molar refractivity (Wildman–Crippen MR) is 85.4 cm³/mol. The Kier molecular flexibility index (Phi) is 7.50. The van der Waals surface area contributed by atoms with Crippen molar-refractivity contribution < 1.29 is 9.53 Å². The Morgan fingerprint density at radius 2 is 2.14 bits per heavy atom. The van der Waals surface area contributed by atoms with Crippen LogP contribution in [0.2, 0.25) is 0 Å². The van der Waals surface area contributed by atoms with Gasteiger partial charge in [0.25, 0.3) is 0 Å². The predicted octanol–water partition coefficient (Wildman–Crippen LogP) is 0.833. The minimum atomic E-state index is -0.227. The van der Waals surface area contributed by atoms with Gasteiger partial charge in [-0.25, -0.2) is 0 Å². The maximum atomic E-state index is 11.1. The first kappa shape index (κ1) is 17.8. The first-order valence-corrected chi connectivity index (χ1v) is 7.83. The molecule has 1 heterocycles. The number of rotatable bonds is 6. The summed E-state index contributed by atoms with van der Waals surface area (Å²) in [6.07, 6.45) is 0.311. The molecule has 2 atom stereocenters. The van der Waals surface area contributed by atoms with Crippen molar-refractivity contribution in [3.63, 3.8) is 0 Å². The summed E-state index contributed by atoms with van der Waals surface area (Å²) < 4.78 is 4.63. The molecule has 122 valence electrons. The van der Waals surface area contributed by atoms with Crippen molar-refractivity contribution in [3.05, 3.63) is 0 Å². The quantitative estimate of drug-likeness (QED) is 0.432. The maximum Gasteiger partial charge on any atom is 0.307 e. The number of carbonyl (C=O) groups excluding carboxylic acids is 1. The third kappa shape index (κ3) is 5.91. The normalized spacial score (nSPS) is 23.4. The summed E-state index contributed by atoms with van der Waals surface area (Å²) in [7, 11) is 1.40. The smallest absolute Gasteiger partial charge is 0.307 e. The fraction of sp³-hybridized carbons (Fsp3) is 0.867. The number of nitrogens with one attached hydrogen (secondary N) is 2. The van der Waals surface area contributed by atoms with Gasteiger partial charge in [0.2, 0.25) is 0 Å². The molecule has 1 fully saturated rings. The Hall–Kier alpha value is -1.30. The molecule has 0 aliphatic carbocycles. The van der Waals surface area contributed by atoms with Gasteiger partial charge in [0, 0.05) is 31.7 Å². The Balaban J connectivity index is 2.53. The molecule has 2 N–H and O–H groups in total. The van der Waals surface area contributed by atoms with Crippen molar-refractivity contribution in [2.45, 2.75) is 46.2 Å². The molecule has 0 aromatic heterocycles. The van der Waals surface area contributed by atoms with Gasteiger partial charge in [-0.2, -0.15) is 0 Å². The number of aliphatic imine (C=N–C) groups is 1. The highest BCUT2D eigenvalue weighted by Crippen LogP contribution is 2.18. The van der Waals surface area contributed by atoms with Gasteiger partial charge in [-0.1, -0.05) is 6.92 Å². The van der Waals surface area contributed by atoms with E-state index in [2.05, 4.69) is 46.0 Å². The molecule has 0 radical (unpaired) electrons. The average molecular weight is 298 g/mol. The number of ether oxygens (including phenoxy) is 1. The van der Waals surface area contributed by atoms with Gasteiger partial charge in [0.1, 0.15) is 0 Å². The standard InChI is InChI=1S/C15H30N4O2/c1-6-16-15(17-8-7-14(20)21-5)18-13-10-19(11(2)3)9-12(13)4/h11-13H,6-10H2,1-5H3,(H2,16,17,18). The SMILES string of the molecule is CCNC(=NCCC(=O)OC)NC1CN(C(C)C)CC1C. The summed E-state index contributed by atoms with van der Waals surface area (Å²) in [5, 5.41) is 6.72. The fourth-order valence-corrected chi connectivity index (χ4v) is 2.47. The van der Waals surface area contributed by atoms with E-state index in [4.69, 9.17) is 0 Å². The molecule has 0 spiro atoms. The second kappa shape index (κ2) is 8.87. The maximum absolute atomic E-state index is 11.1. The van der Waals surface area contributed by atoms with E-state index in [1.54, 1.807) is 0 Å². The first-order valence-electron chi connectivity index (χ1n) is 7.83. The summed E-state index contributed by atoms with van der Waals surface area (Å²) >= 11 is 0. The minimum Gasteiger partial charge on any atom is -0.469 e. The van der Waals surface area contributed by atoms with Gasteiger partial charge in [-0.3, -0.25) is 14.7 Å². The van der Waals surface area contributed by atoms with Crippen LogP contribution in [0.3, 0.4) is 0 Å². The number of methoxy groups -OCH3 is 1. The number of likely N-dealkylation sites (tertiary alicyclic amines) is 1. The lowest BCUT2D eigenvalue weighted by Crippen LogP contribution is -2.46. The van der Waals surface area contributed by atoms with E-state index >= 15 is 0 Å². The second-order valence-electron chi connectivity index (χ2n) is 5.86. The van der Waals surface area contributed by atoms with Crippen molar-refractivity contribution in [3.8, 4) is 0 Å². The molecule has 6 nitrogen and oxygen atoms in total. The van der Waals surface area contributed by atoms with Crippen LogP contribution >= 0.6 is 0 Å². The van der Waals surface area contributed by atoms with E-state index in [0.717, 1.165) is 25.6 Å². The molecule has 21 heavy (non-hydrogen) atoms. The molecule has 1 aliphatic rings. The lowest BCUT2D eigenvalue weighted by molar-refractivity contribution is -0.140. The van der Waals surface area contributed by atoms with E-state index in [-0.39, 0.29) is 5.97 Å². The zero-order valence-corrected chi connectivity index (χ0v) is 14.0. The third-order valence-electron chi connectivity index (χ3n) is 3.85. The highest BCUT2D eigenvalue weighted by atomic mass is 16.5. The zero-order valence-electron chi connectivity index (χ0n) is 14.0. The second-order valence-corrected chi connectivity index (χ2v) is 5.86. The van der Waals surface area contributed by atoms with Crippen molar-refractivity contribution in [1.29, 1.82) is 0 Å². The van der Waals surface area contributed by atoms with E-state index in [1.807, 2.05) is 6.92 Å². The average Bonchev–Trinajstić information content (AvgIpc) is 2.80. The van der Waals surface area contributed by atoms with Gasteiger partial charge in [0.05, 0.1) is 20.1 Å².